The minimum absolute atomic E-state index is 0.337. The van der Waals surface area contributed by atoms with Gasteiger partial charge in [-0.15, -0.1) is 0 Å². The van der Waals surface area contributed by atoms with Crippen molar-refractivity contribution in [3.63, 3.8) is 0 Å². The molecule has 1 aromatic carbocycles. The number of fused-ring (bicyclic) bond motifs is 1. The average Bonchev–Trinajstić information content (AvgIpc) is 2.81. The molecule has 1 fully saturated rings. The molecule has 106 valence electrons. The number of carboxylic acid groups (broad SMARTS) is 1. The molecule has 0 spiro atoms. The van der Waals surface area contributed by atoms with Gasteiger partial charge < -0.3 is 5.11 Å². The van der Waals surface area contributed by atoms with Gasteiger partial charge in [0.25, 0.3) is 0 Å². The summed E-state index contributed by atoms with van der Waals surface area (Å²) in [4.78, 5) is 22.5. The lowest BCUT2D eigenvalue weighted by atomic mass is 9.82. The van der Waals surface area contributed by atoms with Crippen LogP contribution in [0.1, 0.15) is 60.6 Å². The number of rotatable bonds is 2. The molecule has 1 unspecified atom stereocenters. The van der Waals surface area contributed by atoms with Gasteiger partial charge in [0.15, 0.2) is 0 Å². The van der Waals surface area contributed by atoms with E-state index in [0.717, 1.165) is 36.0 Å². The highest BCUT2D eigenvalue weighted by atomic mass is 35.5. The van der Waals surface area contributed by atoms with Crippen molar-refractivity contribution in [3.05, 3.63) is 33.8 Å². The van der Waals surface area contributed by atoms with Crippen LogP contribution in [0.25, 0.3) is 0 Å². The van der Waals surface area contributed by atoms with Crippen molar-refractivity contribution >= 4 is 23.4 Å². The van der Waals surface area contributed by atoms with Gasteiger partial charge in [0, 0.05) is 17.9 Å². The number of benzene rings is 1. The maximum absolute atomic E-state index is 11.3. The third-order valence-electron chi connectivity index (χ3n) is 4.62. The number of carboxylic acids is 1. The first-order valence-electron chi connectivity index (χ1n) is 7.13. The van der Waals surface area contributed by atoms with Crippen LogP contribution in [0.4, 0.5) is 0 Å². The van der Waals surface area contributed by atoms with Gasteiger partial charge in [-0.3, -0.25) is 9.59 Å². The van der Waals surface area contributed by atoms with Gasteiger partial charge in [0.1, 0.15) is 5.78 Å². The molecule has 2 aliphatic rings. The van der Waals surface area contributed by atoms with Crippen molar-refractivity contribution in [2.75, 3.05) is 0 Å². The standard InChI is InChI=1S/C16H17ClO3/c17-15-8-13-10(3-6-12(13)16(19)20)7-14(15)9-1-4-11(18)5-2-9/h7-9,12H,1-6H2,(H,19,20). The molecular weight excluding hydrogens is 276 g/mol. The van der Waals surface area contributed by atoms with Gasteiger partial charge in [0.2, 0.25) is 0 Å². The third-order valence-corrected chi connectivity index (χ3v) is 4.94. The van der Waals surface area contributed by atoms with E-state index in [1.165, 1.54) is 0 Å². The lowest BCUT2D eigenvalue weighted by Crippen LogP contribution is -2.13. The quantitative estimate of drug-likeness (QED) is 0.904. The summed E-state index contributed by atoms with van der Waals surface area (Å²) in [6, 6.07) is 3.93. The third kappa shape index (κ3) is 2.35. The Hall–Kier alpha value is -1.35. The summed E-state index contributed by atoms with van der Waals surface area (Å²) in [7, 11) is 0. The second-order valence-corrected chi connectivity index (χ2v) is 6.22. The van der Waals surface area contributed by atoms with Crippen LogP contribution in [-0.2, 0) is 16.0 Å². The molecule has 1 atom stereocenters. The number of hydrogen-bond acceptors (Lipinski definition) is 2. The van der Waals surface area contributed by atoms with Crippen molar-refractivity contribution < 1.29 is 14.7 Å². The fourth-order valence-electron chi connectivity index (χ4n) is 3.47. The molecule has 0 aliphatic heterocycles. The number of aliphatic carboxylic acids is 1. The highest BCUT2D eigenvalue weighted by Gasteiger charge is 2.31. The van der Waals surface area contributed by atoms with Crippen molar-refractivity contribution in [3.8, 4) is 0 Å². The zero-order chi connectivity index (χ0) is 14.3. The maximum atomic E-state index is 11.3. The molecule has 0 aromatic heterocycles. The van der Waals surface area contributed by atoms with E-state index >= 15 is 0 Å². The normalized spacial score (nSPS) is 22.9. The Kier molecular flexibility index (Phi) is 3.55. The fraction of sp³-hybridized carbons (Fsp3) is 0.500. The Morgan fingerprint density at radius 3 is 2.45 bits per heavy atom. The molecule has 0 bridgehead atoms. The van der Waals surface area contributed by atoms with E-state index in [1.807, 2.05) is 6.07 Å². The molecule has 2 aliphatic carbocycles. The van der Waals surface area contributed by atoms with Crippen LogP contribution >= 0.6 is 11.6 Å². The molecule has 0 saturated heterocycles. The molecule has 0 heterocycles. The van der Waals surface area contributed by atoms with Gasteiger partial charge in [-0.05, 0) is 54.4 Å². The Bertz CT molecular complexity index is 569. The average molecular weight is 293 g/mol. The zero-order valence-electron chi connectivity index (χ0n) is 11.2. The van der Waals surface area contributed by atoms with Crippen LogP contribution in [-0.4, -0.2) is 16.9 Å². The summed E-state index contributed by atoms with van der Waals surface area (Å²) < 4.78 is 0. The smallest absolute Gasteiger partial charge is 0.310 e. The molecule has 1 N–H and O–H groups in total. The molecule has 0 radical (unpaired) electrons. The number of Topliss-reactive ketones (excluding diaryl/α,β-unsaturated/α-hetero) is 1. The Balaban J connectivity index is 1.91. The van der Waals surface area contributed by atoms with E-state index < -0.39 is 11.9 Å². The molecule has 1 aromatic rings. The topological polar surface area (TPSA) is 54.4 Å². The number of carbonyl (C=O) groups excluding carboxylic acids is 1. The van der Waals surface area contributed by atoms with Crippen LogP contribution in [0.15, 0.2) is 12.1 Å². The summed E-state index contributed by atoms with van der Waals surface area (Å²) in [5.41, 5.74) is 3.09. The van der Waals surface area contributed by atoms with E-state index in [9.17, 15) is 14.7 Å². The second-order valence-electron chi connectivity index (χ2n) is 5.81. The van der Waals surface area contributed by atoms with Crippen molar-refractivity contribution in [2.24, 2.45) is 0 Å². The van der Waals surface area contributed by atoms with E-state index in [2.05, 4.69) is 6.07 Å². The van der Waals surface area contributed by atoms with E-state index in [1.54, 1.807) is 0 Å². The molecule has 3 nitrogen and oxygen atoms in total. The lowest BCUT2D eigenvalue weighted by Gasteiger charge is -2.23. The van der Waals surface area contributed by atoms with Crippen molar-refractivity contribution in [1.82, 2.24) is 0 Å². The highest BCUT2D eigenvalue weighted by Crippen LogP contribution is 2.41. The molecule has 20 heavy (non-hydrogen) atoms. The lowest BCUT2D eigenvalue weighted by molar-refractivity contribution is -0.138. The van der Waals surface area contributed by atoms with Gasteiger partial charge in [-0.2, -0.15) is 0 Å². The summed E-state index contributed by atoms with van der Waals surface area (Å²) in [6.07, 6.45) is 4.46. The molecule has 4 heteroatoms. The summed E-state index contributed by atoms with van der Waals surface area (Å²) in [6.45, 7) is 0. The molecule has 3 rings (SSSR count). The van der Waals surface area contributed by atoms with Gasteiger partial charge in [-0.1, -0.05) is 17.7 Å². The highest BCUT2D eigenvalue weighted by molar-refractivity contribution is 6.31. The number of carbonyl (C=O) groups is 2. The number of aryl methyl sites for hydroxylation is 1. The predicted molar refractivity (Wildman–Crippen MR) is 76.4 cm³/mol. The van der Waals surface area contributed by atoms with Crippen LogP contribution < -0.4 is 0 Å². The molecule has 0 amide bonds. The summed E-state index contributed by atoms with van der Waals surface area (Å²) in [5.74, 6) is -0.501. The number of halogens is 1. The van der Waals surface area contributed by atoms with E-state index in [0.29, 0.717) is 36.0 Å². The predicted octanol–water partition coefficient (Wildman–Crippen LogP) is 3.68. The molecular formula is C16H17ClO3. The SMILES string of the molecule is O=C1CCC(c2cc3c(cc2Cl)C(C(=O)O)CC3)CC1. The minimum Gasteiger partial charge on any atom is -0.481 e. The molecule has 1 saturated carbocycles. The van der Waals surface area contributed by atoms with Crippen LogP contribution in [0, 0.1) is 0 Å². The number of hydrogen-bond donors (Lipinski definition) is 1. The minimum atomic E-state index is -0.768. The first-order chi connectivity index (χ1) is 9.56. The largest absolute Gasteiger partial charge is 0.481 e. The van der Waals surface area contributed by atoms with Crippen LogP contribution in [0.3, 0.4) is 0 Å². The van der Waals surface area contributed by atoms with E-state index in [4.69, 9.17) is 11.6 Å². The Labute approximate surface area is 122 Å². The van der Waals surface area contributed by atoms with Gasteiger partial charge in [-0.25, -0.2) is 0 Å². The van der Waals surface area contributed by atoms with Gasteiger partial charge >= 0.3 is 5.97 Å². The second kappa shape index (κ2) is 5.21. The van der Waals surface area contributed by atoms with Crippen LogP contribution in [0.5, 0.6) is 0 Å². The van der Waals surface area contributed by atoms with Crippen molar-refractivity contribution in [2.45, 2.75) is 50.4 Å². The Morgan fingerprint density at radius 2 is 1.80 bits per heavy atom. The van der Waals surface area contributed by atoms with E-state index in [-0.39, 0.29) is 0 Å². The zero-order valence-corrected chi connectivity index (χ0v) is 11.9. The van der Waals surface area contributed by atoms with Gasteiger partial charge in [0.05, 0.1) is 5.92 Å². The summed E-state index contributed by atoms with van der Waals surface area (Å²) >= 11 is 6.37. The maximum Gasteiger partial charge on any atom is 0.310 e. The summed E-state index contributed by atoms with van der Waals surface area (Å²) in [5, 5.41) is 9.88. The van der Waals surface area contributed by atoms with Crippen molar-refractivity contribution in [1.29, 1.82) is 0 Å². The van der Waals surface area contributed by atoms with Crippen LogP contribution in [0.2, 0.25) is 5.02 Å². The fourth-order valence-corrected chi connectivity index (χ4v) is 3.80. The number of ketones is 1. The first-order valence-corrected chi connectivity index (χ1v) is 7.50. The monoisotopic (exact) mass is 292 g/mol. The first kappa shape index (κ1) is 13.6. The Morgan fingerprint density at radius 1 is 1.10 bits per heavy atom.